The van der Waals surface area contributed by atoms with Crippen molar-refractivity contribution in [2.45, 2.75) is 32.5 Å². The van der Waals surface area contributed by atoms with E-state index in [1.165, 1.54) is 30.3 Å². The van der Waals surface area contributed by atoms with E-state index in [0.29, 0.717) is 23.5 Å². The fourth-order valence-corrected chi connectivity index (χ4v) is 3.53. The second-order valence-electron chi connectivity index (χ2n) is 8.39. The molecule has 1 aromatic heterocycles. The van der Waals surface area contributed by atoms with E-state index in [1.54, 1.807) is 31.2 Å². The lowest BCUT2D eigenvalue weighted by Gasteiger charge is -2.26. The lowest BCUT2D eigenvalue weighted by Crippen LogP contribution is -2.28. The number of rotatable bonds is 7. The van der Waals surface area contributed by atoms with Crippen LogP contribution in [0.5, 0.6) is 11.5 Å². The van der Waals surface area contributed by atoms with Crippen molar-refractivity contribution in [3.8, 4) is 22.8 Å². The van der Waals surface area contributed by atoms with Crippen molar-refractivity contribution in [2.24, 2.45) is 0 Å². The summed E-state index contributed by atoms with van der Waals surface area (Å²) in [4.78, 5) is 16.4. The van der Waals surface area contributed by atoms with Crippen LogP contribution in [0.4, 0.5) is 19.0 Å². The Bertz CT molecular complexity index is 1230. The van der Waals surface area contributed by atoms with Crippen molar-refractivity contribution in [1.29, 1.82) is 0 Å². The molecule has 0 saturated carbocycles. The van der Waals surface area contributed by atoms with Crippen LogP contribution in [0.25, 0.3) is 11.3 Å². The highest BCUT2D eigenvalue weighted by atomic mass is 19.3. The highest BCUT2D eigenvalue weighted by Gasteiger charge is 2.43. The summed E-state index contributed by atoms with van der Waals surface area (Å²) < 4.78 is 55.2. The molecule has 6 nitrogen and oxygen atoms in total. The summed E-state index contributed by atoms with van der Waals surface area (Å²) in [5, 5.41) is 3.17. The third-order valence-electron chi connectivity index (χ3n) is 5.39. The zero-order chi connectivity index (χ0) is 24.5. The van der Waals surface area contributed by atoms with Crippen LogP contribution in [-0.4, -0.2) is 30.4 Å². The maximum atomic E-state index is 14.6. The Morgan fingerprint density at radius 2 is 1.85 bits per heavy atom. The minimum absolute atomic E-state index is 0.0209. The van der Waals surface area contributed by atoms with Gasteiger partial charge in [0.1, 0.15) is 17.3 Å². The number of hydrogen-bond donors (Lipinski definition) is 1. The van der Waals surface area contributed by atoms with E-state index in [-0.39, 0.29) is 23.8 Å². The average Bonchev–Trinajstić information content (AvgIpc) is 3.11. The Kier molecular flexibility index (Phi) is 6.12. The van der Waals surface area contributed by atoms with E-state index in [1.807, 2.05) is 13.8 Å². The van der Waals surface area contributed by atoms with E-state index in [4.69, 9.17) is 4.74 Å². The molecule has 1 aliphatic rings. The van der Waals surface area contributed by atoms with Crippen molar-refractivity contribution in [3.05, 3.63) is 71.5 Å². The normalized spacial score (nSPS) is 14.1. The highest BCUT2D eigenvalue weighted by Crippen LogP contribution is 2.43. The van der Waals surface area contributed by atoms with E-state index in [9.17, 15) is 18.0 Å². The minimum atomic E-state index is -3.68. The molecule has 34 heavy (non-hydrogen) atoms. The molecule has 4 rings (SSSR count). The second kappa shape index (κ2) is 8.89. The van der Waals surface area contributed by atoms with E-state index >= 15 is 0 Å². The molecule has 0 saturated heterocycles. The van der Waals surface area contributed by atoms with Gasteiger partial charge in [-0.15, -0.1) is 8.78 Å². The number of benzene rings is 2. The van der Waals surface area contributed by atoms with Gasteiger partial charge in [-0.3, -0.25) is 0 Å². The van der Waals surface area contributed by atoms with Crippen LogP contribution in [0, 0.1) is 5.82 Å². The number of carbonyl (C=O) groups is 1. The first kappa shape index (κ1) is 23.4. The molecule has 3 aromatic rings. The number of esters is 1. The van der Waals surface area contributed by atoms with Gasteiger partial charge in [0.25, 0.3) is 0 Å². The summed E-state index contributed by atoms with van der Waals surface area (Å²) in [6.45, 7) is 6.14. The van der Waals surface area contributed by atoms with Gasteiger partial charge >= 0.3 is 12.3 Å². The number of carbonyl (C=O) groups excluding carboxylic acids is 1. The standard InChI is InChI=1S/C25H23F3N2O4/c1-4-32-23(31)16-7-5-6-15(12-16)22-18(26)9-11-21(30-22)29-14-24(2,3)17-8-10-19-20(13-17)34-25(27,28)33-19/h5-13H,4,14H2,1-3H3,(H,29,30). The van der Waals surface area contributed by atoms with Gasteiger partial charge in [0.2, 0.25) is 0 Å². The Morgan fingerprint density at radius 1 is 1.09 bits per heavy atom. The van der Waals surface area contributed by atoms with Crippen LogP contribution in [0.2, 0.25) is 0 Å². The van der Waals surface area contributed by atoms with Crippen LogP contribution in [-0.2, 0) is 10.2 Å². The number of aromatic nitrogens is 1. The third-order valence-corrected chi connectivity index (χ3v) is 5.39. The van der Waals surface area contributed by atoms with E-state index in [2.05, 4.69) is 19.8 Å². The first-order valence-electron chi connectivity index (χ1n) is 10.7. The molecule has 0 atom stereocenters. The average molecular weight is 472 g/mol. The van der Waals surface area contributed by atoms with Gasteiger partial charge in [-0.05, 0) is 48.9 Å². The quantitative estimate of drug-likeness (QED) is 0.440. The Labute approximate surface area is 194 Å². The van der Waals surface area contributed by atoms with Gasteiger partial charge in [0.05, 0.1) is 12.2 Å². The van der Waals surface area contributed by atoms with Crippen LogP contribution < -0.4 is 14.8 Å². The molecule has 2 heterocycles. The molecule has 0 bridgehead atoms. The molecular weight excluding hydrogens is 449 g/mol. The van der Waals surface area contributed by atoms with E-state index < -0.39 is 23.5 Å². The zero-order valence-electron chi connectivity index (χ0n) is 18.8. The molecule has 178 valence electrons. The summed E-state index contributed by atoms with van der Waals surface area (Å²) >= 11 is 0. The third kappa shape index (κ3) is 4.93. The van der Waals surface area contributed by atoms with Gasteiger partial charge in [-0.1, -0.05) is 32.0 Å². The minimum Gasteiger partial charge on any atom is -0.462 e. The number of pyridine rings is 1. The zero-order valence-corrected chi connectivity index (χ0v) is 18.8. The predicted octanol–water partition coefficient (Wildman–Crippen LogP) is 5.78. The maximum absolute atomic E-state index is 14.6. The van der Waals surface area contributed by atoms with Crippen LogP contribution in [0.3, 0.4) is 0 Å². The monoisotopic (exact) mass is 472 g/mol. The summed E-state index contributed by atoms with van der Waals surface area (Å²) in [6.07, 6.45) is -3.68. The van der Waals surface area contributed by atoms with Gasteiger partial charge in [-0.25, -0.2) is 14.2 Å². The van der Waals surface area contributed by atoms with Crippen molar-refractivity contribution >= 4 is 11.8 Å². The topological polar surface area (TPSA) is 69.7 Å². The molecule has 1 N–H and O–H groups in total. The van der Waals surface area contributed by atoms with Crippen LogP contribution in [0.1, 0.15) is 36.7 Å². The maximum Gasteiger partial charge on any atom is 0.586 e. The molecule has 0 aliphatic carbocycles. The summed E-state index contributed by atoms with van der Waals surface area (Å²) in [6, 6.07) is 13.8. The second-order valence-corrected chi connectivity index (χ2v) is 8.39. The summed E-state index contributed by atoms with van der Waals surface area (Å²) in [5.74, 6) is -0.672. The molecule has 0 radical (unpaired) electrons. The first-order valence-corrected chi connectivity index (χ1v) is 10.7. The lowest BCUT2D eigenvalue weighted by atomic mass is 9.84. The highest BCUT2D eigenvalue weighted by molar-refractivity contribution is 5.90. The Balaban J connectivity index is 1.52. The van der Waals surface area contributed by atoms with Gasteiger partial charge in [0.15, 0.2) is 11.5 Å². The molecule has 9 heteroatoms. The van der Waals surface area contributed by atoms with E-state index in [0.717, 1.165) is 5.56 Å². The molecule has 0 spiro atoms. The number of ether oxygens (including phenoxy) is 3. The number of nitrogens with zero attached hydrogens (tertiary/aromatic N) is 1. The number of alkyl halides is 2. The number of fused-ring (bicyclic) bond motifs is 1. The van der Waals surface area contributed by atoms with Crippen molar-refractivity contribution in [2.75, 3.05) is 18.5 Å². The molecule has 0 fully saturated rings. The number of nitrogens with one attached hydrogen (secondary N) is 1. The molecule has 0 unspecified atom stereocenters. The fraction of sp³-hybridized carbons (Fsp3) is 0.280. The molecular formula is C25H23F3N2O4. The van der Waals surface area contributed by atoms with Crippen LogP contribution >= 0.6 is 0 Å². The Morgan fingerprint density at radius 3 is 2.62 bits per heavy atom. The van der Waals surface area contributed by atoms with Gasteiger partial charge in [0, 0.05) is 17.5 Å². The first-order chi connectivity index (χ1) is 16.1. The number of hydrogen-bond acceptors (Lipinski definition) is 6. The lowest BCUT2D eigenvalue weighted by molar-refractivity contribution is -0.286. The summed E-state index contributed by atoms with van der Waals surface area (Å²) in [5.41, 5.74) is 1.04. The van der Waals surface area contributed by atoms with Crippen LogP contribution in [0.15, 0.2) is 54.6 Å². The number of halogens is 3. The SMILES string of the molecule is CCOC(=O)c1cccc(-c2nc(NCC(C)(C)c3ccc4c(c3)OC(F)(F)O4)ccc2F)c1. The van der Waals surface area contributed by atoms with Crippen molar-refractivity contribution < 1.29 is 32.2 Å². The van der Waals surface area contributed by atoms with Gasteiger partial charge in [-0.2, -0.15) is 0 Å². The smallest absolute Gasteiger partial charge is 0.462 e. The molecule has 2 aromatic carbocycles. The molecule has 0 amide bonds. The summed E-state index contributed by atoms with van der Waals surface area (Å²) in [7, 11) is 0. The fourth-order valence-electron chi connectivity index (χ4n) is 3.53. The Hall–Kier alpha value is -3.75. The van der Waals surface area contributed by atoms with Crippen molar-refractivity contribution in [3.63, 3.8) is 0 Å². The molecule has 1 aliphatic heterocycles. The number of anilines is 1. The predicted molar refractivity (Wildman–Crippen MR) is 120 cm³/mol. The van der Waals surface area contributed by atoms with Crippen molar-refractivity contribution in [1.82, 2.24) is 4.98 Å². The van der Waals surface area contributed by atoms with Gasteiger partial charge < -0.3 is 19.5 Å². The largest absolute Gasteiger partial charge is 0.586 e.